The first-order valence-electron chi connectivity index (χ1n) is 12.6. The van der Waals surface area contributed by atoms with Crippen LogP contribution in [0.3, 0.4) is 0 Å². The van der Waals surface area contributed by atoms with E-state index >= 15 is 0 Å². The van der Waals surface area contributed by atoms with Crippen molar-refractivity contribution < 1.29 is 23.8 Å². The Bertz CT molecular complexity index is 1530. The topological polar surface area (TPSA) is 106 Å². The Hall–Kier alpha value is -4.09. The number of unbranched alkanes of at least 4 members (excludes halogenated alkanes) is 1. The second kappa shape index (κ2) is 12.4. The number of nitrogens with zero attached hydrogens (tertiary/aromatic N) is 4. The number of ether oxygens (including phenoxy) is 1. The third kappa shape index (κ3) is 5.90. The number of amides is 1. The summed E-state index contributed by atoms with van der Waals surface area (Å²) < 4.78 is 19.6. The van der Waals surface area contributed by atoms with Gasteiger partial charge in [-0.1, -0.05) is 60.7 Å². The predicted octanol–water partition coefficient (Wildman–Crippen LogP) is 6.17. The highest BCUT2D eigenvalue weighted by Crippen LogP contribution is 2.44. The minimum absolute atomic E-state index is 0.0495. The molecule has 3 heterocycles. The number of aliphatic hydroxyl groups excluding tert-OH is 1. The van der Waals surface area contributed by atoms with E-state index in [0.717, 1.165) is 29.7 Å². The number of ketones is 1. The lowest BCUT2D eigenvalue weighted by Crippen LogP contribution is -2.29. The average molecular weight is 577 g/mol. The number of aromatic nitrogens is 3. The molecular formula is C29H25FN4O4S2. The molecule has 1 aliphatic rings. The van der Waals surface area contributed by atoms with Gasteiger partial charge in [0.2, 0.25) is 5.13 Å². The summed E-state index contributed by atoms with van der Waals surface area (Å²) in [7, 11) is 0. The van der Waals surface area contributed by atoms with E-state index in [1.165, 1.54) is 41.2 Å². The molecule has 0 spiro atoms. The Labute approximate surface area is 238 Å². The maximum atomic E-state index is 13.4. The van der Waals surface area contributed by atoms with E-state index in [1.807, 2.05) is 0 Å². The molecule has 2 aromatic heterocycles. The van der Waals surface area contributed by atoms with Crippen molar-refractivity contribution in [3.05, 3.63) is 101 Å². The van der Waals surface area contributed by atoms with Gasteiger partial charge in [-0.15, -0.1) is 10.2 Å². The van der Waals surface area contributed by atoms with Crippen molar-refractivity contribution in [2.24, 2.45) is 0 Å². The number of aliphatic hydroxyl groups is 1. The Morgan fingerprint density at radius 3 is 2.48 bits per heavy atom. The molecule has 4 aromatic rings. The van der Waals surface area contributed by atoms with Gasteiger partial charge in [0.25, 0.3) is 5.78 Å². The van der Waals surface area contributed by atoms with Crippen molar-refractivity contribution in [3.8, 4) is 5.75 Å². The fourth-order valence-corrected chi connectivity index (χ4v) is 6.00. The number of hydrogen-bond acceptors (Lipinski definition) is 9. The highest BCUT2D eigenvalue weighted by Gasteiger charge is 2.48. The molecule has 0 radical (unpaired) electrons. The van der Waals surface area contributed by atoms with Gasteiger partial charge in [0, 0.05) is 23.7 Å². The van der Waals surface area contributed by atoms with E-state index in [-0.39, 0.29) is 22.3 Å². The van der Waals surface area contributed by atoms with Gasteiger partial charge in [-0.3, -0.25) is 19.5 Å². The molecule has 0 bridgehead atoms. The summed E-state index contributed by atoms with van der Waals surface area (Å²) in [5.74, 6) is -1.05. The lowest BCUT2D eigenvalue weighted by Gasteiger charge is -2.22. The van der Waals surface area contributed by atoms with Gasteiger partial charge in [0.1, 0.15) is 17.3 Å². The van der Waals surface area contributed by atoms with Crippen LogP contribution in [0.1, 0.15) is 42.5 Å². The highest BCUT2D eigenvalue weighted by atomic mass is 32.2. The van der Waals surface area contributed by atoms with Crippen molar-refractivity contribution in [1.82, 2.24) is 15.2 Å². The minimum Gasteiger partial charge on any atom is -0.507 e. The van der Waals surface area contributed by atoms with Gasteiger partial charge >= 0.3 is 5.91 Å². The maximum Gasteiger partial charge on any atom is 0.301 e. The van der Waals surface area contributed by atoms with E-state index in [0.29, 0.717) is 33.6 Å². The first kappa shape index (κ1) is 27.5. The quantitative estimate of drug-likeness (QED) is 0.0597. The molecule has 1 saturated heterocycles. The zero-order valence-corrected chi connectivity index (χ0v) is 23.1. The smallest absolute Gasteiger partial charge is 0.301 e. The summed E-state index contributed by atoms with van der Waals surface area (Å²) in [5.41, 5.74) is 1.83. The molecule has 1 unspecified atom stereocenters. The van der Waals surface area contributed by atoms with Gasteiger partial charge in [0.15, 0.2) is 4.34 Å². The fourth-order valence-electron chi connectivity index (χ4n) is 4.18. The summed E-state index contributed by atoms with van der Waals surface area (Å²) >= 11 is 2.55. The molecule has 40 heavy (non-hydrogen) atoms. The summed E-state index contributed by atoms with van der Waals surface area (Å²) in [6.45, 7) is 2.66. The van der Waals surface area contributed by atoms with Gasteiger partial charge in [-0.05, 0) is 53.9 Å². The van der Waals surface area contributed by atoms with Gasteiger partial charge in [-0.2, -0.15) is 0 Å². The molecule has 1 amide bonds. The average Bonchev–Trinajstić information content (AvgIpc) is 3.55. The van der Waals surface area contributed by atoms with Crippen molar-refractivity contribution in [2.45, 2.75) is 35.9 Å². The Kier molecular flexibility index (Phi) is 8.51. The van der Waals surface area contributed by atoms with E-state index in [4.69, 9.17) is 4.74 Å². The molecule has 8 nitrogen and oxygen atoms in total. The van der Waals surface area contributed by atoms with Crippen LogP contribution in [0.25, 0.3) is 5.76 Å². The van der Waals surface area contributed by atoms with Crippen LogP contribution in [0.15, 0.2) is 83.0 Å². The van der Waals surface area contributed by atoms with Gasteiger partial charge in [0.05, 0.1) is 18.2 Å². The molecule has 11 heteroatoms. The summed E-state index contributed by atoms with van der Waals surface area (Å²) in [5, 5.41) is 19.9. The fraction of sp³-hybridized carbons (Fsp3) is 0.207. The molecule has 5 rings (SSSR count). The SMILES string of the molecule is CCCCOc1ccc(C2/C(=C(\O)c3ccncc3)C(=O)C(=O)N2c2nnc(SCc3ccc(F)cc3)s2)cc1. The number of anilines is 1. The number of rotatable bonds is 10. The van der Waals surface area contributed by atoms with E-state index < -0.39 is 17.7 Å². The molecule has 204 valence electrons. The van der Waals surface area contributed by atoms with E-state index in [9.17, 15) is 19.1 Å². The molecular weight excluding hydrogens is 551 g/mol. The van der Waals surface area contributed by atoms with Crippen molar-refractivity contribution >= 4 is 45.7 Å². The summed E-state index contributed by atoms with van der Waals surface area (Å²) in [6, 6.07) is 15.5. The molecule has 0 aliphatic carbocycles. The van der Waals surface area contributed by atoms with Gasteiger partial charge in [-0.25, -0.2) is 4.39 Å². The van der Waals surface area contributed by atoms with Crippen LogP contribution in [0.2, 0.25) is 0 Å². The number of hydrogen-bond donors (Lipinski definition) is 1. The van der Waals surface area contributed by atoms with Crippen LogP contribution >= 0.6 is 23.1 Å². The number of thioether (sulfide) groups is 1. The third-order valence-electron chi connectivity index (χ3n) is 6.24. The first-order valence-corrected chi connectivity index (χ1v) is 14.4. The van der Waals surface area contributed by atoms with Gasteiger partial charge < -0.3 is 9.84 Å². The number of benzene rings is 2. The minimum atomic E-state index is -0.930. The number of pyridine rings is 1. The molecule has 0 saturated carbocycles. The monoisotopic (exact) mass is 576 g/mol. The first-order chi connectivity index (χ1) is 19.5. The Morgan fingerprint density at radius 2 is 1.77 bits per heavy atom. The van der Waals surface area contributed by atoms with Crippen LogP contribution in [-0.4, -0.2) is 38.6 Å². The number of Topliss-reactive ketones (excluding diaryl/α,β-unsaturated/α-hetero) is 1. The van der Waals surface area contributed by atoms with Crippen LogP contribution < -0.4 is 9.64 Å². The number of carbonyl (C=O) groups is 2. The summed E-state index contributed by atoms with van der Waals surface area (Å²) in [4.78, 5) is 32.0. The zero-order valence-electron chi connectivity index (χ0n) is 21.5. The predicted molar refractivity (Wildman–Crippen MR) is 152 cm³/mol. The zero-order chi connectivity index (χ0) is 28.1. The molecule has 1 N–H and O–H groups in total. The standard InChI is InChI=1S/C29H25FN4O4S2/c1-2-3-16-38-22-10-6-19(7-11-22)24-23(25(35)20-12-14-31-15-13-20)26(36)27(37)34(24)28-32-33-29(40-28)39-17-18-4-8-21(30)9-5-18/h4-15,24,35H,2-3,16-17H2,1H3/b25-23+. The highest BCUT2D eigenvalue weighted by molar-refractivity contribution is 8.00. The van der Waals surface area contributed by atoms with Crippen LogP contribution in [0.5, 0.6) is 5.75 Å². The lowest BCUT2D eigenvalue weighted by atomic mass is 9.95. The second-order valence-corrected chi connectivity index (χ2v) is 11.1. The Morgan fingerprint density at radius 1 is 1.05 bits per heavy atom. The van der Waals surface area contributed by atoms with E-state index in [2.05, 4.69) is 22.1 Å². The molecule has 1 atom stereocenters. The molecule has 1 aliphatic heterocycles. The number of carbonyl (C=O) groups excluding carboxylic acids is 2. The van der Waals surface area contributed by atoms with E-state index in [1.54, 1.807) is 48.5 Å². The van der Waals surface area contributed by atoms with Crippen LogP contribution in [0, 0.1) is 5.82 Å². The molecule has 1 fully saturated rings. The normalized spacial score (nSPS) is 16.4. The lowest BCUT2D eigenvalue weighted by molar-refractivity contribution is -0.132. The Balaban J connectivity index is 1.49. The van der Waals surface area contributed by atoms with Crippen molar-refractivity contribution in [3.63, 3.8) is 0 Å². The largest absolute Gasteiger partial charge is 0.507 e. The third-order valence-corrected chi connectivity index (χ3v) is 8.37. The maximum absolute atomic E-state index is 13.4. The molecule has 2 aromatic carbocycles. The van der Waals surface area contributed by atoms with Crippen LogP contribution in [-0.2, 0) is 15.3 Å². The van der Waals surface area contributed by atoms with Crippen molar-refractivity contribution in [1.29, 1.82) is 0 Å². The second-order valence-electron chi connectivity index (χ2n) is 8.94. The van der Waals surface area contributed by atoms with Crippen LogP contribution in [0.4, 0.5) is 9.52 Å². The number of halogens is 1. The van der Waals surface area contributed by atoms with Crippen molar-refractivity contribution in [2.75, 3.05) is 11.5 Å². The summed E-state index contributed by atoms with van der Waals surface area (Å²) in [6.07, 6.45) is 4.93.